The lowest BCUT2D eigenvalue weighted by Crippen LogP contribution is -2.28. The highest BCUT2D eigenvalue weighted by Crippen LogP contribution is 2.15. The fourth-order valence-corrected chi connectivity index (χ4v) is 1.95. The second kappa shape index (κ2) is 7.72. The van der Waals surface area contributed by atoms with Gasteiger partial charge in [-0.3, -0.25) is 9.78 Å². The topological polar surface area (TPSA) is 92.3 Å². The average Bonchev–Trinajstić information content (AvgIpc) is 2.52. The monoisotopic (exact) mass is 329 g/mol. The van der Waals surface area contributed by atoms with Crippen molar-refractivity contribution >= 4 is 12.2 Å². The van der Waals surface area contributed by atoms with E-state index in [2.05, 4.69) is 32.6 Å². The first kappa shape index (κ1) is 17.7. The smallest absolute Gasteiger partial charge is 0.274 e. The third-order valence-corrected chi connectivity index (χ3v) is 3.12. The van der Waals surface area contributed by atoms with Crippen LogP contribution in [0.15, 0.2) is 34.2 Å². The lowest BCUT2D eigenvalue weighted by Gasteiger charge is -2.15. The van der Waals surface area contributed by atoms with E-state index in [1.165, 1.54) is 0 Å². The van der Waals surface area contributed by atoms with Crippen molar-refractivity contribution in [2.75, 3.05) is 12.0 Å². The molecule has 2 aromatic rings. The van der Waals surface area contributed by atoms with Gasteiger partial charge in [0.25, 0.3) is 5.56 Å². The molecule has 1 heterocycles. The van der Waals surface area contributed by atoms with E-state index < -0.39 is 0 Å². The highest BCUT2D eigenvalue weighted by molar-refractivity contribution is 5.80. The van der Waals surface area contributed by atoms with Crippen molar-refractivity contribution in [3.63, 3.8) is 0 Å². The van der Waals surface area contributed by atoms with Crippen molar-refractivity contribution in [2.24, 2.45) is 5.10 Å². The second-order valence-electron chi connectivity index (χ2n) is 6.39. The molecule has 1 aromatic carbocycles. The summed E-state index contributed by atoms with van der Waals surface area (Å²) in [5.74, 6) is 0.992. The summed E-state index contributed by atoms with van der Waals surface area (Å²) in [5.41, 5.74) is 3.30. The fraction of sp³-hybridized carbons (Fsp3) is 0.412. The molecule has 0 amide bonds. The molecule has 0 aliphatic heterocycles. The summed E-state index contributed by atoms with van der Waals surface area (Å²) in [7, 11) is 0. The first-order valence-electron chi connectivity index (χ1n) is 7.89. The van der Waals surface area contributed by atoms with Gasteiger partial charge in [0.05, 0.1) is 12.8 Å². The number of anilines is 1. The Hall–Kier alpha value is -2.70. The standard InChI is InChI=1S/C17H23N5O2/c1-5-9-24-13-8-6-7-12(10-13)11-18-21-16-19-15(23)14(20-22-16)17(2,3)4/h6-8,10-11H,5,9H2,1-4H3,(H2,19,21,22,23)/b18-11+. The molecule has 0 bridgehead atoms. The van der Waals surface area contributed by atoms with Gasteiger partial charge in [0.15, 0.2) is 0 Å². The number of aromatic amines is 1. The van der Waals surface area contributed by atoms with E-state index in [9.17, 15) is 4.79 Å². The summed E-state index contributed by atoms with van der Waals surface area (Å²) in [6.45, 7) is 8.46. The molecule has 24 heavy (non-hydrogen) atoms. The Morgan fingerprint density at radius 3 is 2.79 bits per heavy atom. The summed E-state index contributed by atoms with van der Waals surface area (Å²) >= 11 is 0. The molecule has 0 saturated heterocycles. The number of aromatic nitrogens is 3. The lowest BCUT2D eigenvalue weighted by molar-refractivity contribution is 0.317. The number of nitrogens with zero attached hydrogens (tertiary/aromatic N) is 3. The Balaban J connectivity index is 2.04. The van der Waals surface area contributed by atoms with Crippen LogP contribution in [0.5, 0.6) is 5.75 Å². The first-order valence-corrected chi connectivity index (χ1v) is 7.89. The first-order chi connectivity index (χ1) is 11.4. The van der Waals surface area contributed by atoms with Crippen LogP contribution in [0, 0.1) is 0 Å². The Morgan fingerprint density at radius 1 is 1.33 bits per heavy atom. The predicted molar refractivity (Wildman–Crippen MR) is 94.8 cm³/mol. The zero-order chi connectivity index (χ0) is 17.6. The molecule has 2 N–H and O–H groups in total. The minimum atomic E-state index is -0.360. The summed E-state index contributed by atoms with van der Waals surface area (Å²) in [4.78, 5) is 14.6. The van der Waals surface area contributed by atoms with Gasteiger partial charge < -0.3 is 4.74 Å². The summed E-state index contributed by atoms with van der Waals surface area (Å²) in [6, 6.07) is 7.58. The maximum absolute atomic E-state index is 12.0. The number of H-pyrrole nitrogens is 1. The third-order valence-electron chi connectivity index (χ3n) is 3.12. The average molecular weight is 329 g/mol. The number of hydrazone groups is 1. The molecule has 0 unspecified atom stereocenters. The molecule has 0 spiro atoms. The lowest BCUT2D eigenvalue weighted by atomic mass is 9.93. The molecule has 0 aliphatic rings. The second-order valence-corrected chi connectivity index (χ2v) is 6.39. The highest BCUT2D eigenvalue weighted by Gasteiger charge is 2.20. The van der Waals surface area contributed by atoms with Gasteiger partial charge in [-0.2, -0.15) is 5.10 Å². The normalized spacial score (nSPS) is 11.7. The maximum atomic E-state index is 12.0. The van der Waals surface area contributed by atoms with E-state index in [-0.39, 0.29) is 16.9 Å². The number of hydrogen-bond acceptors (Lipinski definition) is 6. The van der Waals surface area contributed by atoms with Crippen LogP contribution in [0.4, 0.5) is 5.95 Å². The molecule has 7 nitrogen and oxygen atoms in total. The highest BCUT2D eigenvalue weighted by atomic mass is 16.5. The largest absolute Gasteiger partial charge is 0.494 e. The number of hydrogen-bond donors (Lipinski definition) is 2. The maximum Gasteiger partial charge on any atom is 0.274 e. The van der Waals surface area contributed by atoms with E-state index in [0.29, 0.717) is 12.3 Å². The molecule has 1 aromatic heterocycles. The van der Waals surface area contributed by atoms with Gasteiger partial charge in [0.2, 0.25) is 5.95 Å². The molecule has 0 fully saturated rings. The Kier molecular flexibility index (Phi) is 5.68. The van der Waals surface area contributed by atoms with Gasteiger partial charge >= 0.3 is 0 Å². The zero-order valence-corrected chi connectivity index (χ0v) is 14.5. The quantitative estimate of drug-likeness (QED) is 0.628. The summed E-state index contributed by atoms with van der Waals surface area (Å²) < 4.78 is 5.57. The van der Waals surface area contributed by atoms with E-state index in [0.717, 1.165) is 17.7 Å². The third kappa shape index (κ3) is 4.91. The number of rotatable bonds is 6. The van der Waals surface area contributed by atoms with Crippen LogP contribution in [0.3, 0.4) is 0 Å². The van der Waals surface area contributed by atoms with Crippen LogP contribution in [0.2, 0.25) is 0 Å². The molecule has 7 heteroatoms. The zero-order valence-electron chi connectivity index (χ0n) is 14.5. The van der Waals surface area contributed by atoms with Crippen LogP contribution in [-0.2, 0) is 5.41 Å². The molecular weight excluding hydrogens is 306 g/mol. The summed E-state index contributed by atoms with van der Waals surface area (Å²) in [6.07, 6.45) is 2.58. The Morgan fingerprint density at radius 2 is 2.12 bits per heavy atom. The molecule has 2 rings (SSSR count). The molecule has 128 valence electrons. The molecular formula is C17H23N5O2. The SMILES string of the molecule is CCCOc1cccc(/C=N/Nc2nnc(C(C)(C)C)c(=O)[nH]2)c1. The molecule has 0 aliphatic carbocycles. The van der Waals surface area contributed by atoms with Crippen molar-refractivity contribution in [2.45, 2.75) is 39.5 Å². The van der Waals surface area contributed by atoms with Crippen LogP contribution in [0.25, 0.3) is 0 Å². The van der Waals surface area contributed by atoms with Gasteiger partial charge in [0.1, 0.15) is 11.4 Å². The van der Waals surface area contributed by atoms with E-state index in [4.69, 9.17) is 4.74 Å². The van der Waals surface area contributed by atoms with Crippen molar-refractivity contribution in [1.82, 2.24) is 15.2 Å². The molecule has 0 saturated carbocycles. The minimum absolute atomic E-state index is 0.197. The van der Waals surface area contributed by atoms with Gasteiger partial charge in [-0.05, 0) is 24.1 Å². The van der Waals surface area contributed by atoms with Crippen molar-refractivity contribution in [1.29, 1.82) is 0 Å². The number of ether oxygens (including phenoxy) is 1. The molecule has 0 radical (unpaired) electrons. The van der Waals surface area contributed by atoms with Crippen LogP contribution in [-0.4, -0.2) is 28.0 Å². The van der Waals surface area contributed by atoms with E-state index >= 15 is 0 Å². The molecule has 0 atom stereocenters. The van der Waals surface area contributed by atoms with Crippen molar-refractivity contribution in [3.8, 4) is 5.75 Å². The minimum Gasteiger partial charge on any atom is -0.494 e. The van der Waals surface area contributed by atoms with Gasteiger partial charge in [-0.1, -0.05) is 39.8 Å². The van der Waals surface area contributed by atoms with Gasteiger partial charge in [-0.25, -0.2) is 5.43 Å². The predicted octanol–water partition coefficient (Wildman–Crippen LogP) is 2.70. The van der Waals surface area contributed by atoms with Gasteiger partial charge in [-0.15, -0.1) is 10.2 Å². The van der Waals surface area contributed by atoms with Crippen LogP contribution >= 0.6 is 0 Å². The van der Waals surface area contributed by atoms with Crippen LogP contribution in [0.1, 0.15) is 45.4 Å². The van der Waals surface area contributed by atoms with E-state index in [1.807, 2.05) is 45.0 Å². The number of benzene rings is 1. The van der Waals surface area contributed by atoms with E-state index in [1.54, 1.807) is 6.21 Å². The fourth-order valence-electron chi connectivity index (χ4n) is 1.95. The Bertz CT molecular complexity index is 762. The van der Waals surface area contributed by atoms with Gasteiger partial charge in [0, 0.05) is 5.41 Å². The van der Waals surface area contributed by atoms with Crippen molar-refractivity contribution in [3.05, 3.63) is 45.9 Å². The van der Waals surface area contributed by atoms with Crippen molar-refractivity contribution < 1.29 is 4.74 Å². The summed E-state index contributed by atoms with van der Waals surface area (Å²) in [5, 5.41) is 12.0. The van der Waals surface area contributed by atoms with Crippen LogP contribution < -0.4 is 15.7 Å². The number of nitrogens with one attached hydrogen (secondary N) is 2. The Labute approximate surface area is 141 Å².